The van der Waals surface area contributed by atoms with Crippen LogP contribution in [0.15, 0.2) is 69.7 Å². The van der Waals surface area contributed by atoms with E-state index in [0.717, 1.165) is 22.5 Å². The highest BCUT2D eigenvalue weighted by Gasteiger charge is 2.11. The predicted octanol–water partition coefficient (Wildman–Crippen LogP) is 4.72. The summed E-state index contributed by atoms with van der Waals surface area (Å²) in [5.74, 6) is 0.848. The number of nitrogens with zero attached hydrogens (tertiary/aromatic N) is 2. The largest absolute Gasteiger partial charge is 0.359 e. The molecule has 4 aromatic rings. The van der Waals surface area contributed by atoms with Gasteiger partial charge in [0.15, 0.2) is 11.5 Å². The van der Waals surface area contributed by atoms with Crippen molar-refractivity contribution in [2.45, 2.75) is 46.2 Å². The molecule has 0 spiro atoms. The highest BCUT2D eigenvalue weighted by Crippen LogP contribution is 2.20. The van der Waals surface area contributed by atoms with Crippen LogP contribution in [0.5, 0.6) is 0 Å². The van der Waals surface area contributed by atoms with E-state index in [1.165, 1.54) is 11.1 Å². The zero-order valence-electron chi connectivity index (χ0n) is 19.8. The Hall–Kier alpha value is -4.20. The molecule has 0 aliphatic carbocycles. The molecule has 0 radical (unpaired) electrons. The quantitative estimate of drug-likeness (QED) is 0.346. The third-order valence-electron chi connectivity index (χ3n) is 5.54. The smallest absolute Gasteiger partial charge is 0.220 e. The van der Waals surface area contributed by atoms with E-state index in [-0.39, 0.29) is 37.7 Å². The van der Waals surface area contributed by atoms with E-state index < -0.39 is 0 Å². The molecule has 2 aromatic carbocycles. The molecule has 0 aliphatic heterocycles. The zero-order chi connectivity index (χ0) is 24.6. The maximum atomic E-state index is 12.1. The number of amides is 2. The first kappa shape index (κ1) is 23.9. The third kappa shape index (κ3) is 6.89. The molecule has 4 rings (SSSR count). The van der Waals surface area contributed by atoms with Gasteiger partial charge in [0, 0.05) is 36.1 Å². The van der Waals surface area contributed by atoms with Gasteiger partial charge in [0.25, 0.3) is 0 Å². The van der Waals surface area contributed by atoms with E-state index in [0.29, 0.717) is 17.9 Å². The lowest BCUT2D eigenvalue weighted by Gasteiger charge is -2.04. The molecule has 8 heteroatoms. The minimum atomic E-state index is -0.149. The standard InChI is InChI=1S/C27H28N4O4/c1-18-6-10-20(11-7-18)24-14-22(34-30-24)16-28-26(32)4-3-5-27(33)29-17-23-15-25(31-35-23)21-12-8-19(2)9-13-21/h6-15H,3-5,16-17H2,1-2H3,(H,28,32)(H,29,33). The van der Waals surface area contributed by atoms with Crippen molar-refractivity contribution in [1.82, 2.24) is 20.9 Å². The molecule has 180 valence electrons. The van der Waals surface area contributed by atoms with Gasteiger partial charge >= 0.3 is 0 Å². The predicted molar refractivity (Wildman–Crippen MR) is 131 cm³/mol. The first-order valence-electron chi connectivity index (χ1n) is 11.5. The Morgan fingerprint density at radius 2 is 1.09 bits per heavy atom. The van der Waals surface area contributed by atoms with Crippen molar-refractivity contribution in [3.05, 3.63) is 83.3 Å². The molecule has 35 heavy (non-hydrogen) atoms. The molecule has 0 aliphatic rings. The monoisotopic (exact) mass is 472 g/mol. The van der Waals surface area contributed by atoms with Gasteiger partial charge in [0.2, 0.25) is 11.8 Å². The van der Waals surface area contributed by atoms with Gasteiger partial charge < -0.3 is 19.7 Å². The van der Waals surface area contributed by atoms with Crippen molar-refractivity contribution >= 4 is 11.8 Å². The Morgan fingerprint density at radius 3 is 1.49 bits per heavy atom. The van der Waals surface area contributed by atoms with Gasteiger partial charge in [-0.3, -0.25) is 9.59 Å². The summed E-state index contributed by atoms with van der Waals surface area (Å²) in [5, 5.41) is 13.7. The topological polar surface area (TPSA) is 110 Å². The molecule has 8 nitrogen and oxygen atoms in total. The number of hydrogen-bond acceptors (Lipinski definition) is 6. The zero-order valence-corrected chi connectivity index (χ0v) is 19.8. The molecule has 0 unspecified atom stereocenters. The van der Waals surface area contributed by atoms with Gasteiger partial charge in [-0.25, -0.2) is 0 Å². The minimum Gasteiger partial charge on any atom is -0.359 e. The van der Waals surface area contributed by atoms with Crippen molar-refractivity contribution in [1.29, 1.82) is 0 Å². The van der Waals surface area contributed by atoms with Crippen molar-refractivity contribution in [2.75, 3.05) is 0 Å². The Labute approximate surface area is 203 Å². The number of rotatable bonds is 10. The molecule has 0 fully saturated rings. The van der Waals surface area contributed by atoms with Crippen molar-refractivity contribution in [3.8, 4) is 22.5 Å². The summed E-state index contributed by atoms with van der Waals surface area (Å²) < 4.78 is 10.6. The first-order valence-corrected chi connectivity index (χ1v) is 11.5. The summed E-state index contributed by atoms with van der Waals surface area (Å²) in [7, 11) is 0. The van der Waals surface area contributed by atoms with Crippen LogP contribution >= 0.6 is 0 Å². The summed E-state index contributed by atoms with van der Waals surface area (Å²) in [5.41, 5.74) is 5.71. The fraction of sp³-hybridized carbons (Fsp3) is 0.259. The maximum absolute atomic E-state index is 12.1. The SMILES string of the molecule is Cc1ccc(-c2cc(CNC(=O)CCCC(=O)NCc3cc(-c4ccc(C)cc4)no3)on2)cc1. The average Bonchev–Trinajstić information content (AvgIpc) is 3.52. The van der Waals surface area contributed by atoms with Gasteiger partial charge in [-0.15, -0.1) is 0 Å². The summed E-state index contributed by atoms with van der Waals surface area (Å²) in [6, 6.07) is 19.6. The summed E-state index contributed by atoms with van der Waals surface area (Å²) >= 11 is 0. The summed E-state index contributed by atoms with van der Waals surface area (Å²) in [6.07, 6.45) is 0.923. The van der Waals surface area contributed by atoms with Crippen LogP contribution in [-0.2, 0) is 22.7 Å². The molecule has 0 saturated heterocycles. The van der Waals surface area contributed by atoms with Crippen LogP contribution in [0.3, 0.4) is 0 Å². The van der Waals surface area contributed by atoms with Crippen LogP contribution in [0.1, 0.15) is 41.9 Å². The van der Waals surface area contributed by atoms with E-state index in [1.54, 1.807) is 0 Å². The van der Waals surface area contributed by atoms with Crippen LogP contribution in [-0.4, -0.2) is 22.1 Å². The normalized spacial score (nSPS) is 10.8. The maximum Gasteiger partial charge on any atom is 0.220 e. The van der Waals surface area contributed by atoms with E-state index in [9.17, 15) is 9.59 Å². The molecule has 2 amide bonds. The molecule has 0 saturated carbocycles. The second-order valence-corrected chi connectivity index (χ2v) is 8.50. The van der Waals surface area contributed by atoms with E-state index in [4.69, 9.17) is 9.05 Å². The molecule has 2 heterocycles. The Kier molecular flexibility index (Phi) is 7.72. The van der Waals surface area contributed by atoms with Gasteiger partial charge in [0.1, 0.15) is 11.4 Å². The lowest BCUT2D eigenvalue weighted by Crippen LogP contribution is -2.24. The molecular weight excluding hydrogens is 444 g/mol. The van der Waals surface area contributed by atoms with Crippen LogP contribution in [0.25, 0.3) is 22.5 Å². The van der Waals surface area contributed by atoms with Crippen LogP contribution in [0, 0.1) is 13.8 Å². The second-order valence-electron chi connectivity index (χ2n) is 8.50. The number of benzene rings is 2. The number of aryl methyl sites for hydroxylation is 2. The van der Waals surface area contributed by atoms with Crippen LogP contribution in [0.2, 0.25) is 0 Å². The third-order valence-corrected chi connectivity index (χ3v) is 5.54. The van der Waals surface area contributed by atoms with E-state index in [1.807, 2.05) is 74.5 Å². The minimum absolute atomic E-state index is 0.149. The van der Waals surface area contributed by atoms with Crippen LogP contribution < -0.4 is 10.6 Å². The fourth-order valence-electron chi connectivity index (χ4n) is 3.47. The van der Waals surface area contributed by atoms with Gasteiger partial charge in [-0.1, -0.05) is 70.0 Å². The molecular formula is C27H28N4O4. The van der Waals surface area contributed by atoms with Crippen molar-refractivity contribution in [2.24, 2.45) is 0 Å². The molecule has 2 N–H and O–H groups in total. The van der Waals surface area contributed by atoms with Gasteiger partial charge in [0.05, 0.1) is 13.1 Å². The average molecular weight is 473 g/mol. The number of carbonyl (C=O) groups excluding carboxylic acids is 2. The van der Waals surface area contributed by atoms with E-state index >= 15 is 0 Å². The van der Waals surface area contributed by atoms with Gasteiger partial charge in [-0.05, 0) is 20.3 Å². The Morgan fingerprint density at radius 1 is 0.686 bits per heavy atom. The van der Waals surface area contributed by atoms with Crippen LogP contribution in [0.4, 0.5) is 0 Å². The number of aromatic nitrogens is 2. The number of nitrogens with one attached hydrogen (secondary N) is 2. The molecule has 2 aromatic heterocycles. The van der Waals surface area contributed by atoms with Crippen molar-refractivity contribution < 1.29 is 18.6 Å². The number of carbonyl (C=O) groups is 2. The second kappa shape index (κ2) is 11.3. The highest BCUT2D eigenvalue weighted by molar-refractivity contribution is 5.78. The molecule has 0 atom stereocenters. The first-order chi connectivity index (χ1) is 17.0. The molecule has 0 bridgehead atoms. The Bertz CT molecular complexity index is 1170. The lowest BCUT2D eigenvalue weighted by molar-refractivity contribution is -0.122. The highest BCUT2D eigenvalue weighted by atomic mass is 16.5. The van der Waals surface area contributed by atoms with Gasteiger partial charge in [-0.2, -0.15) is 0 Å². The van der Waals surface area contributed by atoms with E-state index in [2.05, 4.69) is 20.9 Å². The fourth-order valence-corrected chi connectivity index (χ4v) is 3.47. The number of hydrogen-bond donors (Lipinski definition) is 2. The summed E-state index contributed by atoms with van der Waals surface area (Å²) in [4.78, 5) is 24.2. The van der Waals surface area contributed by atoms with Crippen molar-refractivity contribution in [3.63, 3.8) is 0 Å². The Balaban J connectivity index is 1.13. The lowest BCUT2D eigenvalue weighted by atomic mass is 10.1. The summed E-state index contributed by atoms with van der Waals surface area (Å²) in [6.45, 7) is 4.54.